The van der Waals surface area contributed by atoms with Gasteiger partial charge in [0.15, 0.2) is 9.84 Å². The summed E-state index contributed by atoms with van der Waals surface area (Å²) in [7, 11) is -3.51. The van der Waals surface area contributed by atoms with Crippen molar-refractivity contribution in [3.8, 4) is 0 Å². The predicted octanol–water partition coefficient (Wildman–Crippen LogP) is 0.901. The van der Waals surface area contributed by atoms with Crippen molar-refractivity contribution in [2.45, 2.75) is 18.7 Å². The monoisotopic (exact) mass is 291 g/mol. The molecule has 8 heteroatoms. The van der Waals surface area contributed by atoms with Crippen LogP contribution in [0.3, 0.4) is 0 Å². The van der Waals surface area contributed by atoms with Crippen molar-refractivity contribution in [1.82, 2.24) is 0 Å². The third-order valence-corrected chi connectivity index (χ3v) is 4.64. The molecule has 0 spiro atoms. The van der Waals surface area contributed by atoms with Gasteiger partial charge in [-0.05, 0) is 5.92 Å². The molecule has 102 valence electrons. The van der Waals surface area contributed by atoms with Gasteiger partial charge >= 0.3 is 0 Å². The minimum absolute atomic E-state index is 0.0399. The minimum Gasteiger partial charge on any atom is -0.396 e. The smallest absolute Gasteiger partial charge is 0.261 e. The van der Waals surface area contributed by atoms with Crippen molar-refractivity contribution < 1.29 is 13.2 Å². The number of carbonyl (C=O) groups excluding carboxylic acids is 1. The van der Waals surface area contributed by atoms with Gasteiger partial charge in [-0.3, -0.25) is 4.79 Å². The summed E-state index contributed by atoms with van der Waals surface area (Å²) in [5.74, 6) is -0.391. The first-order valence-corrected chi connectivity index (χ1v) is 8.01. The number of sulfone groups is 1. The van der Waals surface area contributed by atoms with E-state index in [1.54, 1.807) is 0 Å². The number of rotatable bonds is 5. The first-order valence-electron chi connectivity index (χ1n) is 5.30. The molecule has 0 saturated heterocycles. The summed E-state index contributed by atoms with van der Waals surface area (Å²) in [5.41, 5.74) is 10.8. The Kier molecular flexibility index (Phi) is 4.23. The zero-order valence-corrected chi connectivity index (χ0v) is 12.1. The van der Waals surface area contributed by atoms with Crippen LogP contribution in [0.1, 0.15) is 23.5 Å². The van der Waals surface area contributed by atoms with E-state index < -0.39 is 15.7 Å². The van der Waals surface area contributed by atoms with Crippen molar-refractivity contribution in [1.29, 1.82) is 0 Å². The summed E-state index contributed by atoms with van der Waals surface area (Å²) in [6.07, 6.45) is 1.05. The Morgan fingerprint density at radius 1 is 1.44 bits per heavy atom. The van der Waals surface area contributed by atoms with E-state index >= 15 is 0 Å². The fourth-order valence-corrected chi connectivity index (χ4v) is 3.82. The Morgan fingerprint density at radius 2 is 2.00 bits per heavy atom. The number of anilines is 2. The largest absolute Gasteiger partial charge is 0.396 e. The lowest BCUT2D eigenvalue weighted by Gasteiger charge is -2.08. The number of primary amides is 1. The molecule has 0 aliphatic rings. The molecule has 0 aromatic carbocycles. The Morgan fingerprint density at radius 3 is 2.39 bits per heavy atom. The molecular formula is C10H17N3O3S2. The topological polar surface area (TPSA) is 115 Å². The Balaban J connectivity index is 3.32. The van der Waals surface area contributed by atoms with Crippen LogP contribution in [-0.2, 0) is 9.84 Å². The highest BCUT2D eigenvalue weighted by Crippen LogP contribution is 2.38. The summed E-state index contributed by atoms with van der Waals surface area (Å²) < 4.78 is 23.4. The second kappa shape index (κ2) is 5.15. The average molecular weight is 291 g/mol. The lowest BCUT2D eigenvalue weighted by molar-refractivity contribution is 0.100. The van der Waals surface area contributed by atoms with Gasteiger partial charge < -0.3 is 16.8 Å². The Hall–Kier alpha value is -1.28. The second-order valence-corrected chi connectivity index (χ2v) is 7.39. The van der Waals surface area contributed by atoms with E-state index in [0.29, 0.717) is 17.5 Å². The van der Waals surface area contributed by atoms with Gasteiger partial charge in [0, 0.05) is 12.8 Å². The van der Waals surface area contributed by atoms with Crippen LogP contribution in [-0.4, -0.2) is 27.1 Å². The lowest BCUT2D eigenvalue weighted by atomic mass is 10.2. The first-order chi connectivity index (χ1) is 8.14. The highest BCUT2D eigenvalue weighted by Gasteiger charge is 2.25. The van der Waals surface area contributed by atoms with Gasteiger partial charge in [0.1, 0.15) is 14.8 Å². The van der Waals surface area contributed by atoms with Gasteiger partial charge in [0.25, 0.3) is 5.91 Å². The molecule has 0 radical (unpaired) electrons. The van der Waals surface area contributed by atoms with Gasteiger partial charge in [0.2, 0.25) is 0 Å². The SMILES string of the molecule is CC(C)CNc1sc(C(N)=O)c(N)c1S(C)(=O)=O. The normalized spacial score (nSPS) is 11.8. The Bertz CT molecular complexity index is 561. The van der Waals surface area contributed by atoms with Gasteiger partial charge in [0.05, 0.1) is 5.69 Å². The van der Waals surface area contributed by atoms with Crippen LogP contribution in [0, 0.1) is 5.92 Å². The summed E-state index contributed by atoms with van der Waals surface area (Å²) in [6.45, 7) is 4.55. The van der Waals surface area contributed by atoms with Crippen molar-refractivity contribution in [2.75, 3.05) is 23.9 Å². The molecule has 1 amide bonds. The van der Waals surface area contributed by atoms with E-state index in [1.807, 2.05) is 13.8 Å². The van der Waals surface area contributed by atoms with Crippen LogP contribution in [0.2, 0.25) is 0 Å². The second-order valence-electron chi connectivity index (χ2n) is 4.41. The number of carbonyl (C=O) groups is 1. The number of nitrogen functional groups attached to an aromatic ring is 1. The molecule has 0 aliphatic carbocycles. The maximum Gasteiger partial charge on any atom is 0.261 e. The predicted molar refractivity (Wildman–Crippen MR) is 73.7 cm³/mol. The zero-order valence-electron chi connectivity index (χ0n) is 10.5. The average Bonchev–Trinajstić information content (AvgIpc) is 2.51. The van der Waals surface area contributed by atoms with Crippen molar-refractivity contribution >= 4 is 37.8 Å². The quantitative estimate of drug-likeness (QED) is 0.745. The molecule has 1 aromatic rings. The van der Waals surface area contributed by atoms with E-state index in [0.717, 1.165) is 17.6 Å². The summed E-state index contributed by atoms with van der Waals surface area (Å²) in [6, 6.07) is 0. The molecule has 1 aromatic heterocycles. The maximum absolute atomic E-state index is 11.7. The van der Waals surface area contributed by atoms with Crippen LogP contribution in [0.5, 0.6) is 0 Å². The molecule has 0 unspecified atom stereocenters. The number of nitrogens with two attached hydrogens (primary N) is 2. The highest BCUT2D eigenvalue weighted by molar-refractivity contribution is 7.91. The third-order valence-electron chi connectivity index (χ3n) is 2.17. The summed E-state index contributed by atoms with van der Waals surface area (Å²) in [5, 5.41) is 3.36. The zero-order chi connectivity index (χ0) is 14.1. The van der Waals surface area contributed by atoms with Gasteiger partial charge in [-0.1, -0.05) is 13.8 Å². The van der Waals surface area contributed by atoms with Crippen LogP contribution >= 0.6 is 11.3 Å². The third kappa shape index (κ3) is 3.14. The molecule has 1 heterocycles. The van der Waals surface area contributed by atoms with Crippen molar-refractivity contribution in [3.63, 3.8) is 0 Å². The molecule has 0 atom stereocenters. The molecule has 0 aliphatic heterocycles. The summed E-state index contributed by atoms with van der Waals surface area (Å²) in [4.78, 5) is 11.2. The number of hydrogen-bond donors (Lipinski definition) is 3. The van der Waals surface area contributed by atoms with E-state index in [2.05, 4.69) is 5.32 Å². The molecule has 0 saturated carbocycles. The van der Waals surface area contributed by atoms with Crippen molar-refractivity contribution in [2.24, 2.45) is 11.7 Å². The van der Waals surface area contributed by atoms with Crippen LogP contribution in [0.25, 0.3) is 0 Å². The lowest BCUT2D eigenvalue weighted by Crippen LogP contribution is -2.12. The molecule has 6 nitrogen and oxygen atoms in total. The molecule has 0 fully saturated rings. The van der Waals surface area contributed by atoms with Gasteiger partial charge in [-0.25, -0.2) is 8.42 Å². The molecule has 0 bridgehead atoms. The van der Waals surface area contributed by atoms with E-state index in [1.165, 1.54) is 0 Å². The Labute approximate surface area is 110 Å². The molecule has 5 N–H and O–H groups in total. The maximum atomic E-state index is 11.7. The number of hydrogen-bond acceptors (Lipinski definition) is 6. The van der Waals surface area contributed by atoms with Crippen LogP contribution in [0.4, 0.5) is 10.7 Å². The van der Waals surface area contributed by atoms with E-state index in [4.69, 9.17) is 11.5 Å². The first kappa shape index (κ1) is 14.8. The fourth-order valence-electron chi connectivity index (χ4n) is 1.39. The number of thiophene rings is 1. The van der Waals surface area contributed by atoms with E-state index in [-0.39, 0.29) is 15.5 Å². The van der Waals surface area contributed by atoms with Crippen LogP contribution in [0.15, 0.2) is 4.90 Å². The molecule has 1 rings (SSSR count). The van der Waals surface area contributed by atoms with E-state index in [9.17, 15) is 13.2 Å². The highest BCUT2D eigenvalue weighted by atomic mass is 32.2. The van der Waals surface area contributed by atoms with Gasteiger partial charge in [-0.15, -0.1) is 11.3 Å². The molecule has 18 heavy (non-hydrogen) atoms. The van der Waals surface area contributed by atoms with Crippen LogP contribution < -0.4 is 16.8 Å². The van der Waals surface area contributed by atoms with Crippen molar-refractivity contribution in [3.05, 3.63) is 4.88 Å². The summed E-state index contributed by atoms with van der Waals surface area (Å²) >= 11 is 0.973. The number of amides is 1. The fraction of sp³-hybridized carbons (Fsp3) is 0.500. The van der Waals surface area contributed by atoms with Gasteiger partial charge in [-0.2, -0.15) is 0 Å². The minimum atomic E-state index is -3.51. The number of nitrogens with one attached hydrogen (secondary N) is 1. The standard InChI is InChI=1S/C10H17N3O3S2/c1-5(2)4-13-10-8(18(3,15)16)6(11)7(17-10)9(12)14/h5,13H,4,11H2,1-3H3,(H2,12,14). The molecular weight excluding hydrogens is 274 g/mol.